The Morgan fingerprint density at radius 3 is 2.33 bits per heavy atom. The van der Waals surface area contributed by atoms with Crippen LogP contribution in [0.25, 0.3) is 0 Å². The average molecular weight is 478 g/mol. The number of amides is 2. The standard InChI is InChI=1S/C23H28FN3O5S/c1-23(2,3)32-22(29)26-13-14-27(33(30,31)20-12-8-7-11-18(20)24)19(16-26)21(28)25-15-17-9-5-4-6-10-17/h4-12,19H,13-16H2,1-3H3,(H,25,28). The topological polar surface area (TPSA) is 96.0 Å². The predicted molar refractivity (Wildman–Crippen MR) is 120 cm³/mol. The second-order valence-corrected chi connectivity index (χ2v) is 10.6. The molecule has 1 N–H and O–H groups in total. The molecule has 0 radical (unpaired) electrons. The third-order valence-electron chi connectivity index (χ3n) is 5.02. The number of benzene rings is 2. The summed E-state index contributed by atoms with van der Waals surface area (Å²) in [5.74, 6) is -1.50. The first-order chi connectivity index (χ1) is 15.5. The van der Waals surface area contributed by atoms with Gasteiger partial charge in [0.25, 0.3) is 0 Å². The average Bonchev–Trinajstić information content (AvgIpc) is 2.76. The second-order valence-electron chi connectivity index (χ2n) is 8.69. The van der Waals surface area contributed by atoms with E-state index in [-0.39, 0.29) is 26.2 Å². The summed E-state index contributed by atoms with van der Waals surface area (Å²) in [6.07, 6.45) is -0.647. The first-order valence-corrected chi connectivity index (χ1v) is 12.0. The van der Waals surface area contributed by atoms with Gasteiger partial charge in [0.15, 0.2) is 0 Å². The molecule has 2 aromatic carbocycles. The van der Waals surface area contributed by atoms with Gasteiger partial charge in [-0.2, -0.15) is 4.31 Å². The maximum Gasteiger partial charge on any atom is 0.410 e. The Kier molecular flexibility index (Phi) is 7.38. The fourth-order valence-electron chi connectivity index (χ4n) is 3.44. The molecule has 10 heteroatoms. The first-order valence-electron chi connectivity index (χ1n) is 10.5. The molecule has 8 nitrogen and oxygen atoms in total. The van der Waals surface area contributed by atoms with Crippen LogP contribution in [0.4, 0.5) is 9.18 Å². The summed E-state index contributed by atoms with van der Waals surface area (Å²) >= 11 is 0. The molecule has 0 bridgehead atoms. The molecule has 33 heavy (non-hydrogen) atoms. The van der Waals surface area contributed by atoms with Gasteiger partial charge < -0.3 is 15.0 Å². The van der Waals surface area contributed by atoms with Gasteiger partial charge in [0.1, 0.15) is 22.4 Å². The highest BCUT2D eigenvalue weighted by atomic mass is 32.2. The normalized spacial score (nSPS) is 17.5. The van der Waals surface area contributed by atoms with Crippen LogP contribution in [-0.2, 0) is 26.1 Å². The number of rotatable bonds is 5. The van der Waals surface area contributed by atoms with Crippen molar-refractivity contribution < 1.29 is 27.1 Å². The van der Waals surface area contributed by atoms with Crippen LogP contribution in [0, 0.1) is 5.82 Å². The Bertz CT molecular complexity index is 1100. The molecule has 0 saturated carbocycles. The molecular weight excluding hydrogens is 449 g/mol. The molecule has 2 aromatic rings. The molecule has 0 spiro atoms. The number of piperazine rings is 1. The van der Waals surface area contributed by atoms with Gasteiger partial charge in [-0.05, 0) is 38.5 Å². The Balaban J connectivity index is 1.87. The molecular formula is C23H28FN3O5S. The lowest BCUT2D eigenvalue weighted by Gasteiger charge is -2.39. The quantitative estimate of drug-likeness (QED) is 0.715. The minimum absolute atomic E-state index is 0.00502. The third kappa shape index (κ3) is 6.08. The van der Waals surface area contributed by atoms with E-state index in [4.69, 9.17) is 4.74 Å². The summed E-state index contributed by atoms with van der Waals surface area (Å²) in [6.45, 7) is 4.93. The Labute approximate surface area is 193 Å². The minimum Gasteiger partial charge on any atom is -0.444 e. The van der Waals surface area contributed by atoms with Crippen molar-refractivity contribution in [3.8, 4) is 0 Å². The van der Waals surface area contributed by atoms with Crippen molar-refractivity contribution in [1.82, 2.24) is 14.5 Å². The van der Waals surface area contributed by atoms with Crippen LogP contribution in [0.3, 0.4) is 0 Å². The Hall–Kier alpha value is -2.98. The van der Waals surface area contributed by atoms with Gasteiger partial charge in [-0.15, -0.1) is 0 Å². The van der Waals surface area contributed by atoms with Crippen molar-refractivity contribution in [3.63, 3.8) is 0 Å². The number of halogens is 1. The number of nitrogens with one attached hydrogen (secondary N) is 1. The number of carbonyl (C=O) groups excluding carboxylic acids is 2. The lowest BCUT2D eigenvalue weighted by Crippen LogP contribution is -2.61. The van der Waals surface area contributed by atoms with Gasteiger partial charge in [-0.25, -0.2) is 17.6 Å². The smallest absolute Gasteiger partial charge is 0.410 e. The van der Waals surface area contributed by atoms with E-state index < -0.39 is 44.4 Å². The number of hydrogen-bond acceptors (Lipinski definition) is 5. The number of nitrogens with zero attached hydrogens (tertiary/aromatic N) is 2. The monoisotopic (exact) mass is 477 g/mol. The molecule has 3 rings (SSSR count). The van der Waals surface area contributed by atoms with E-state index in [2.05, 4.69) is 5.32 Å². The van der Waals surface area contributed by atoms with Crippen molar-refractivity contribution in [1.29, 1.82) is 0 Å². The molecule has 1 aliphatic rings. The molecule has 0 aliphatic carbocycles. The van der Waals surface area contributed by atoms with Crippen molar-refractivity contribution in [2.24, 2.45) is 0 Å². The van der Waals surface area contributed by atoms with Crippen LogP contribution in [0.5, 0.6) is 0 Å². The van der Waals surface area contributed by atoms with E-state index in [9.17, 15) is 22.4 Å². The highest BCUT2D eigenvalue weighted by Crippen LogP contribution is 2.25. The largest absolute Gasteiger partial charge is 0.444 e. The van der Waals surface area contributed by atoms with Crippen LogP contribution in [0.2, 0.25) is 0 Å². The van der Waals surface area contributed by atoms with Crippen LogP contribution < -0.4 is 5.32 Å². The molecule has 1 heterocycles. The van der Waals surface area contributed by atoms with Gasteiger partial charge in [-0.3, -0.25) is 4.79 Å². The zero-order valence-corrected chi connectivity index (χ0v) is 19.6. The Morgan fingerprint density at radius 1 is 1.06 bits per heavy atom. The van der Waals surface area contributed by atoms with Gasteiger partial charge in [0, 0.05) is 26.2 Å². The van der Waals surface area contributed by atoms with Crippen LogP contribution >= 0.6 is 0 Å². The first kappa shape index (κ1) is 24.7. The zero-order valence-electron chi connectivity index (χ0n) is 18.8. The fraction of sp³-hybridized carbons (Fsp3) is 0.391. The third-order valence-corrected chi connectivity index (χ3v) is 6.96. The van der Waals surface area contributed by atoms with E-state index in [1.807, 2.05) is 30.3 Å². The molecule has 1 fully saturated rings. The summed E-state index contributed by atoms with van der Waals surface area (Å²) in [5.41, 5.74) is 0.0765. The number of ether oxygens (including phenoxy) is 1. The SMILES string of the molecule is CC(C)(C)OC(=O)N1CCN(S(=O)(=O)c2ccccc2F)C(C(=O)NCc2ccccc2)C1. The molecule has 178 valence electrons. The van der Waals surface area contributed by atoms with E-state index in [0.717, 1.165) is 22.0 Å². The Morgan fingerprint density at radius 2 is 1.70 bits per heavy atom. The molecule has 1 unspecified atom stereocenters. The van der Waals surface area contributed by atoms with Crippen molar-refractivity contribution in [3.05, 3.63) is 66.0 Å². The summed E-state index contributed by atoms with van der Waals surface area (Å²) in [7, 11) is -4.34. The van der Waals surface area contributed by atoms with Crippen LogP contribution in [0.1, 0.15) is 26.3 Å². The zero-order chi connectivity index (χ0) is 24.2. The minimum atomic E-state index is -4.34. The summed E-state index contributed by atoms with van der Waals surface area (Å²) in [4.78, 5) is 26.5. The van der Waals surface area contributed by atoms with Crippen LogP contribution in [0.15, 0.2) is 59.5 Å². The highest BCUT2D eigenvalue weighted by Gasteiger charge is 2.42. The van der Waals surface area contributed by atoms with E-state index in [1.165, 1.54) is 17.0 Å². The number of sulfonamides is 1. The summed E-state index contributed by atoms with van der Waals surface area (Å²) < 4.78 is 47.2. The van der Waals surface area contributed by atoms with E-state index in [0.29, 0.717) is 0 Å². The highest BCUT2D eigenvalue weighted by molar-refractivity contribution is 7.89. The summed E-state index contributed by atoms with van der Waals surface area (Å²) in [6, 6.07) is 12.9. The fourth-order valence-corrected chi connectivity index (χ4v) is 5.08. The number of hydrogen-bond donors (Lipinski definition) is 1. The van der Waals surface area contributed by atoms with Crippen LogP contribution in [-0.4, -0.2) is 60.9 Å². The van der Waals surface area contributed by atoms with Crippen molar-refractivity contribution in [2.45, 2.75) is 43.9 Å². The second kappa shape index (κ2) is 9.88. The predicted octanol–water partition coefficient (Wildman–Crippen LogP) is 2.75. The van der Waals surface area contributed by atoms with Gasteiger partial charge in [0.2, 0.25) is 15.9 Å². The van der Waals surface area contributed by atoms with Gasteiger partial charge >= 0.3 is 6.09 Å². The molecule has 1 aliphatic heterocycles. The summed E-state index contributed by atoms with van der Waals surface area (Å²) in [5, 5.41) is 2.73. The molecule has 0 aromatic heterocycles. The maximum absolute atomic E-state index is 14.3. The van der Waals surface area contributed by atoms with Crippen molar-refractivity contribution in [2.75, 3.05) is 19.6 Å². The lowest BCUT2D eigenvalue weighted by molar-refractivity contribution is -0.126. The lowest BCUT2D eigenvalue weighted by atomic mass is 10.1. The van der Waals surface area contributed by atoms with E-state index in [1.54, 1.807) is 20.8 Å². The van der Waals surface area contributed by atoms with Crippen molar-refractivity contribution >= 4 is 22.0 Å². The maximum atomic E-state index is 14.3. The molecule has 1 atom stereocenters. The molecule has 1 saturated heterocycles. The van der Waals surface area contributed by atoms with Gasteiger partial charge in [0.05, 0.1) is 0 Å². The molecule has 2 amide bonds. The number of carbonyl (C=O) groups is 2. The van der Waals surface area contributed by atoms with Gasteiger partial charge in [-0.1, -0.05) is 42.5 Å². The van der Waals surface area contributed by atoms with E-state index >= 15 is 0 Å².